The van der Waals surface area contributed by atoms with Crippen LogP contribution in [0.1, 0.15) is 34.6 Å². The van der Waals surface area contributed by atoms with Gasteiger partial charge in [-0.3, -0.25) is 25.2 Å². The number of rotatable bonds is 6. The van der Waals surface area contributed by atoms with Crippen molar-refractivity contribution in [2.45, 2.75) is 24.8 Å². The van der Waals surface area contributed by atoms with Crippen LogP contribution in [0.5, 0.6) is 0 Å². The number of hydrogen-bond acceptors (Lipinski definition) is 5. The fourth-order valence-corrected chi connectivity index (χ4v) is 3.37. The fourth-order valence-electron chi connectivity index (χ4n) is 2.16. The molecule has 148 valence electrons. The zero-order chi connectivity index (χ0) is 20.9. The molecule has 0 aromatic heterocycles. The summed E-state index contributed by atoms with van der Waals surface area (Å²) in [6, 6.07) is 9.13. The van der Waals surface area contributed by atoms with Crippen molar-refractivity contribution in [3.8, 4) is 0 Å². The summed E-state index contributed by atoms with van der Waals surface area (Å²) in [4.78, 5) is 35.0. The number of hydrazine groups is 1. The van der Waals surface area contributed by atoms with Gasteiger partial charge in [0.2, 0.25) is 10.0 Å². The second-order valence-electron chi connectivity index (χ2n) is 5.85. The summed E-state index contributed by atoms with van der Waals surface area (Å²) in [7, 11) is -4.04. The maximum Gasteiger partial charge on any atom is 0.272 e. The number of Topliss-reactive ketones (excluding diaryl/α,β-unsaturated/α-hetero) is 1. The van der Waals surface area contributed by atoms with Crippen LogP contribution in [0.25, 0.3) is 0 Å². The summed E-state index contributed by atoms with van der Waals surface area (Å²) in [5.41, 5.74) is 4.12. The van der Waals surface area contributed by atoms with Crippen LogP contribution in [0.2, 0.25) is 0 Å². The minimum atomic E-state index is -4.04. The Bertz CT molecular complexity index is 1010. The van der Waals surface area contributed by atoms with Gasteiger partial charge in [0.25, 0.3) is 11.8 Å². The van der Waals surface area contributed by atoms with Crippen LogP contribution >= 0.6 is 0 Å². The second kappa shape index (κ2) is 8.72. The van der Waals surface area contributed by atoms with Crippen molar-refractivity contribution >= 4 is 27.6 Å². The highest BCUT2D eigenvalue weighted by atomic mass is 32.2. The van der Waals surface area contributed by atoms with Crippen LogP contribution < -0.4 is 15.6 Å². The Morgan fingerprint density at radius 3 is 2.14 bits per heavy atom. The predicted molar refractivity (Wildman–Crippen MR) is 98.2 cm³/mol. The minimum Gasteiger partial charge on any atom is -0.295 e. The molecule has 1 atom stereocenters. The zero-order valence-electron chi connectivity index (χ0n) is 15.0. The minimum absolute atomic E-state index is 0.132. The number of ketones is 1. The monoisotopic (exact) mass is 407 g/mol. The zero-order valence-corrected chi connectivity index (χ0v) is 15.8. The molecule has 2 amide bonds. The Kier molecular flexibility index (Phi) is 6.60. The number of amides is 2. The smallest absolute Gasteiger partial charge is 0.272 e. The highest BCUT2D eigenvalue weighted by Crippen LogP contribution is 2.11. The van der Waals surface area contributed by atoms with Crippen molar-refractivity contribution < 1.29 is 27.2 Å². The molecule has 0 aliphatic carbocycles. The number of benzene rings is 2. The van der Waals surface area contributed by atoms with E-state index in [0.717, 1.165) is 6.07 Å². The SMILES string of the molecule is CC(=O)c1ccc(S(=O)(=O)N[C@@H](C)C(=O)NNC(=O)c2ccccc2F)cc1. The van der Waals surface area contributed by atoms with Gasteiger partial charge in [-0.25, -0.2) is 12.8 Å². The first kappa shape index (κ1) is 21.2. The third kappa shape index (κ3) is 5.21. The Hall–Kier alpha value is -3.11. The standard InChI is InChI=1S/C18H18FN3O5S/c1-11(17(24)20-21-18(25)15-5-3-4-6-16(15)19)22-28(26,27)14-9-7-13(8-10-14)12(2)23/h3-11,22H,1-2H3,(H,20,24)(H,21,25)/t11-/m0/s1. The van der Waals surface area contributed by atoms with E-state index in [4.69, 9.17) is 0 Å². The molecular weight excluding hydrogens is 389 g/mol. The number of halogens is 1. The van der Waals surface area contributed by atoms with Crippen molar-refractivity contribution in [2.24, 2.45) is 0 Å². The van der Waals surface area contributed by atoms with Crippen molar-refractivity contribution in [3.05, 3.63) is 65.5 Å². The Morgan fingerprint density at radius 1 is 0.964 bits per heavy atom. The van der Waals surface area contributed by atoms with Gasteiger partial charge in [0, 0.05) is 5.56 Å². The molecular formula is C18H18FN3O5S. The van der Waals surface area contributed by atoms with Gasteiger partial charge in [-0.05, 0) is 38.1 Å². The van der Waals surface area contributed by atoms with Gasteiger partial charge in [-0.2, -0.15) is 4.72 Å². The van der Waals surface area contributed by atoms with Crippen molar-refractivity contribution in [3.63, 3.8) is 0 Å². The molecule has 0 heterocycles. The van der Waals surface area contributed by atoms with Crippen LogP contribution in [-0.4, -0.2) is 32.1 Å². The van der Waals surface area contributed by atoms with Crippen LogP contribution in [0.3, 0.4) is 0 Å². The third-order valence-corrected chi connectivity index (χ3v) is 5.27. The molecule has 0 saturated carbocycles. The Labute approximate surface area is 161 Å². The van der Waals surface area contributed by atoms with E-state index >= 15 is 0 Å². The van der Waals surface area contributed by atoms with E-state index in [9.17, 15) is 27.2 Å². The summed E-state index contributed by atoms with van der Waals surface area (Å²) in [5, 5.41) is 0. The lowest BCUT2D eigenvalue weighted by atomic mass is 10.2. The molecule has 0 unspecified atom stereocenters. The van der Waals surface area contributed by atoms with Gasteiger partial charge in [0.05, 0.1) is 16.5 Å². The molecule has 10 heteroatoms. The van der Waals surface area contributed by atoms with Gasteiger partial charge >= 0.3 is 0 Å². The largest absolute Gasteiger partial charge is 0.295 e. The van der Waals surface area contributed by atoms with Gasteiger partial charge in [0.1, 0.15) is 5.82 Å². The van der Waals surface area contributed by atoms with Crippen LogP contribution in [-0.2, 0) is 14.8 Å². The van der Waals surface area contributed by atoms with Gasteiger partial charge in [-0.1, -0.05) is 24.3 Å². The predicted octanol–water partition coefficient (Wildman–Crippen LogP) is 1.16. The van der Waals surface area contributed by atoms with E-state index in [0.29, 0.717) is 5.56 Å². The van der Waals surface area contributed by atoms with Crippen LogP contribution in [0, 0.1) is 5.82 Å². The van der Waals surface area contributed by atoms with E-state index < -0.39 is 33.7 Å². The van der Waals surface area contributed by atoms with Gasteiger partial charge < -0.3 is 0 Å². The molecule has 0 radical (unpaired) electrons. The summed E-state index contributed by atoms with van der Waals surface area (Å²) in [6.07, 6.45) is 0. The lowest BCUT2D eigenvalue weighted by Gasteiger charge is -2.15. The first-order valence-corrected chi connectivity index (χ1v) is 9.58. The second-order valence-corrected chi connectivity index (χ2v) is 7.56. The normalized spacial score (nSPS) is 12.1. The molecule has 2 rings (SSSR count). The fraction of sp³-hybridized carbons (Fsp3) is 0.167. The van der Waals surface area contributed by atoms with E-state index in [2.05, 4.69) is 4.72 Å². The molecule has 0 aliphatic rings. The number of hydrogen-bond donors (Lipinski definition) is 3. The lowest BCUT2D eigenvalue weighted by molar-refractivity contribution is -0.123. The molecule has 2 aromatic rings. The highest BCUT2D eigenvalue weighted by molar-refractivity contribution is 7.89. The van der Waals surface area contributed by atoms with E-state index in [-0.39, 0.29) is 16.2 Å². The molecule has 0 bridgehead atoms. The number of carbonyl (C=O) groups excluding carboxylic acids is 3. The molecule has 2 aromatic carbocycles. The molecule has 0 aliphatic heterocycles. The average Bonchev–Trinajstić information content (AvgIpc) is 2.65. The highest BCUT2D eigenvalue weighted by Gasteiger charge is 2.23. The Morgan fingerprint density at radius 2 is 1.57 bits per heavy atom. The molecule has 0 spiro atoms. The average molecular weight is 407 g/mol. The summed E-state index contributed by atoms with van der Waals surface area (Å²) in [6.45, 7) is 2.62. The molecule has 3 N–H and O–H groups in total. The van der Waals surface area contributed by atoms with Gasteiger partial charge in [0.15, 0.2) is 5.78 Å². The summed E-state index contributed by atoms with van der Waals surface area (Å²) >= 11 is 0. The third-order valence-electron chi connectivity index (χ3n) is 3.71. The summed E-state index contributed by atoms with van der Waals surface area (Å²) < 4.78 is 40.3. The summed E-state index contributed by atoms with van der Waals surface area (Å²) in [5.74, 6) is -2.72. The topological polar surface area (TPSA) is 121 Å². The number of nitrogens with one attached hydrogen (secondary N) is 3. The van der Waals surface area contributed by atoms with E-state index in [1.165, 1.54) is 56.3 Å². The molecule has 0 fully saturated rings. The van der Waals surface area contributed by atoms with Crippen LogP contribution in [0.15, 0.2) is 53.4 Å². The molecule has 28 heavy (non-hydrogen) atoms. The van der Waals surface area contributed by atoms with Crippen LogP contribution in [0.4, 0.5) is 4.39 Å². The van der Waals surface area contributed by atoms with Crippen molar-refractivity contribution in [1.29, 1.82) is 0 Å². The molecule has 0 saturated heterocycles. The molecule has 8 nitrogen and oxygen atoms in total. The van der Waals surface area contributed by atoms with Crippen molar-refractivity contribution in [1.82, 2.24) is 15.6 Å². The number of carbonyl (C=O) groups is 3. The van der Waals surface area contributed by atoms with E-state index in [1.807, 2.05) is 10.9 Å². The maximum absolute atomic E-state index is 13.5. The first-order chi connectivity index (χ1) is 13.1. The number of sulfonamides is 1. The van der Waals surface area contributed by atoms with Crippen molar-refractivity contribution in [2.75, 3.05) is 0 Å². The Balaban J connectivity index is 1.98. The maximum atomic E-state index is 13.5. The lowest BCUT2D eigenvalue weighted by Crippen LogP contribution is -2.51. The first-order valence-electron chi connectivity index (χ1n) is 8.10. The quantitative estimate of drug-likeness (QED) is 0.490. The van der Waals surface area contributed by atoms with Gasteiger partial charge in [-0.15, -0.1) is 0 Å². The van der Waals surface area contributed by atoms with E-state index in [1.54, 1.807) is 0 Å².